The standard InChI is InChI=1S/C29H31N3O5S/c1-6-31(7-2)22-15-9-19(10-16-22)17-23-26(33)32-25(20-11-13-21(14-12-20)27(34)36-5)24(28(35)37-8-3)18(4)30-29(32)38-23/h9-17,25H,6-8H2,1-5H3. The fourth-order valence-electron chi connectivity index (χ4n) is 4.55. The summed E-state index contributed by atoms with van der Waals surface area (Å²) in [6.07, 6.45) is 1.84. The lowest BCUT2D eigenvalue weighted by Gasteiger charge is -2.24. The zero-order valence-electron chi connectivity index (χ0n) is 22.2. The molecule has 9 heteroatoms. The van der Waals surface area contributed by atoms with Crippen molar-refractivity contribution in [2.24, 2.45) is 4.99 Å². The van der Waals surface area contributed by atoms with Gasteiger partial charge in [0, 0.05) is 18.8 Å². The summed E-state index contributed by atoms with van der Waals surface area (Å²) in [6.45, 7) is 9.72. The lowest BCUT2D eigenvalue weighted by atomic mass is 9.95. The quantitative estimate of drug-likeness (QED) is 0.412. The van der Waals surface area contributed by atoms with Crippen molar-refractivity contribution in [2.45, 2.75) is 33.7 Å². The highest BCUT2D eigenvalue weighted by molar-refractivity contribution is 7.07. The number of carbonyl (C=O) groups is 2. The highest BCUT2D eigenvalue weighted by atomic mass is 32.1. The molecule has 0 saturated carbocycles. The molecular formula is C29H31N3O5S. The maximum Gasteiger partial charge on any atom is 0.338 e. The minimum atomic E-state index is -0.746. The van der Waals surface area contributed by atoms with Crippen molar-refractivity contribution < 1.29 is 19.1 Å². The van der Waals surface area contributed by atoms with Gasteiger partial charge in [-0.05, 0) is 69.2 Å². The Balaban J connectivity index is 1.84. The number of hydrogen-bond donors (Lipinski definition) is 0. The molecule has 0 amide bonds. The normalized spacial score (nSPS) is 15.1. The number of ether oxygens (including phenoxy) is 2. The fraction of sp³-hybridized carbons (Fsp3) is 0.310. The molecule has 0 radical (unpaired) electrons. The number of carbonyl (C=O) groups excluding carboxylic acids is 2. The van der Waals surface area contributed by atoms with Gasteiger partial charge in [0.1, 0.15) is 0 Å². The highest BCUT2D eigenvalue weighted by Gasteiger charge is 2.33. The van der Waals surface area contributed by atoms with E-state index in [-0.39, 0.29) is 12.2 Å². The van der Waals surface area contributed by atoms with Gasteiger partial charge in [-0.25, -0.2) is 14.6 Å². The van der Waals surface area contributed by atoms with E-state index in [1.165, 1.54) is 23.0 Å². The largest absolute Gasteiger partial charge is 0.465 e. The minimum absolute atomic E-state index is 0.192. The van der Waals surface area contributed by atoms with Crippen molar-refractivity contribution >= 4 is 35.0 Å². The molecule has 0 bridgehead atoms. The van der Waals surface area contributed by atoms with E-state index >= 15 is 0 Å². The Kier molecular flexibility index (Phi) is 8.26. The molecule has 0 aliphatic carbocycles. The molecule has 1 aromatic heterocycles. The summed E-state index contributed by atoms with van der Waals surface area (Å²) in [5.41, 5.74) is 3.58. The lowest BCUT2D eigenvalue weighted by Crippen LogP contribution is -2.40. The van der Waals surface area contributed by atoms with Crippen LogP contribution in [0.4, 0.5) is 5.69 Å². The van der Waals surface area contributed by atoms with Crippen LogP contribution in [0.1, 0.15) is 55.2 Å². The SMILES string of the molecule is CCOC(=O)C1=C(C)N=c2sc(=Cc3ccc(N(CC)CC)cc3)c(=O)n2C1c1ccc(C(=O)OC)cc1. The predicted molar refractivity (Wildman–Crippen MR) is 148 cm³/mol. The van der Waals surface area contributed by atoms with Crippen LogP contribution in [0, 0.1) is 0 Å². The first-order valence-corrected chi connectivity index (χ1v) is 13.4. The van der Waals surface area contributed by atoms with Crippen molar-refractivity contribution in [1.82, 2.24) is 4.57 Å². The smallest absolute Gasteiger partial charge is 0.338 e. The third-order valence-corrected chi connectivity index (χ3v) is 7.47. The monoisotopic (exact) mass is 533 g/mol. The van der Waals surface area contributed by atoms with Gasteiger partial charge < -0.3 is 14.4 Å². The number of esters is 2. The molecule has 4 rings (SSSR count). The number of thiazole rings is 1. The van der Waals surface area contributed by atoms with Crippen molar-refractivity contribution in [2.75, 3.05) is 31.7 Å². The first-order valence-electron chi connectivity index (χ1n) is 12.6. The Bertz CT molecular complexity index is 1550. The molecular weight excluding hydrogens is 502 g/mol. The molecule has 0 saturated heterocycles. The van der Waals surface area contributed by atoms with Crippen LogP contribution in [0.25, 0.3) is 6.08 Å². The molecule has 3 aromatic rings. The van der Waals surface area contributed by atoms with Gasteiger partial charge in [-0.3, -0.25) is 9.36 Å². The first kappa shape index (κ1) is 27.1. The van der Waals surface area contributed by atoms with E-state index in [0.29, 0.717) is 31.7 Å². The van der Waals surface area contributed by atoms with Gasteiger partial charge in [-0.2, -0.15) is 0 Å². The Morgan fingerprint density at radius 1 is 1.03 bits per heavy atom. The molecule has 198 valence electrons. The second-order valence-corrected chi connectivity index (χ2v) is 9.69. The van der Waals surface area contributed by atoms with E-state index in [1.54, 1.807) is 38.1 Å². The van der Waals surface area contributed by atoms with Gasteiger partial charge in [-0.1, -0.05) is 35.6 Å². The number of benzene rings is 2. The number of anilines is 1. The molecule has 1 aliphatic rings. The summed E-state index contributed by atoms with van der Waals surface area (Å²) in [4.78, 5) is 46.1. The van der Waals surface area contributed by atoms with E-state index in [2.05, 4.69) is 23.7 Å². The Morgan fingerprint density at radius 3 is 2.26 bits per heavy atom. The van der Waals surface area contributed by atoms with E-state index in [9.17, 15) is 14.4 Å². The van der Waals surface area contributed by atoms with Gasteiger partial charge in [0.2, 0.25) is 0 Å². The second-order valence-electron chi connectivity index (χ2n) is 8.68. The van der Waals surface area contributed by atoms with Crippen LogP contribution >= 0.6 is 11.3 Å². The Labute approximate surface area is 225 Å². The average molecular weight is 534 g/mol. The highest BCUT2D eigenvalue weighted by Crippen LogP contribution is 2.31. The number of methoxy groups -OCH3 is 1. The minimum Gasteiger partial charge on any atom is -0.465 e. The number of allylic oxidation sites excluding steroid dienone is 1. The third-order valence-electron chi connectivity index (χ3n) is 6.48. The summed E-state index contributed by atoms with van der Waals surface area (Å²) < 4.78 is 12.2. The second kappa shape index (κ2) is 11.6. The van der Waals surface area contributed by atoms with E-state index in [4.69, 9.17) is 9.47 Å². The van der Waals surface area contributed by atoms with Crippen LogP contribution in [-0.2, 0) is 14.3 Å². The lowest BCUT2D eigenvalue weighted by molar-refractivity contribution is -0.139. The zero-order chi connectivity index (χ0) is 27.4. The molecule has 0 fully saturated rings. The average Bonchev–Trinajstić information content (AvgIpc) is 3.23. The van der Waals surface area contributed by atoms with E-state index in [0.717, 1.165) is 24.3 Å². The molecule has 1 atom stereocenters. The maximum absolute atomic E-state index is 13.7. The van der Waals surface area contributed by atoms with Crippen molar-refractivity contribution in [3.63, 3.8) is 0 Å². The molecule has 2 aromatic carbocycles. The van der Waals surface area contributed by atoms with Crippen molar-refractivity contribution in [3.8, 4) is 0 Å². The van der Waals surface area contributed by atoms with Crippen LogP contribution in [-0.4, -0.2) is 43.3 Å². The van der Waals surface area contributed by atoms with Crippen molar-refractivity contribution in [3.05, 3.63) is 96.2 Å². The molecule has 2 heterocycles. The molecule has 0 N–H and O–H groups in total. The summed E-state index contributed by atoms with van der Waals surface area (Å²) in [5.74, 6) is -0.998. The number of nitrogens with zero attached hydrogens (tertiary/aromatic N) is 3. The Morgan fingerprint density at radius 2 is 1.68 bits per heavy atom. The van der Waals surface area contributed by atoms with Gasteiger partial charge in [0.25, 0.3) is 5.56 Å². The van der Waals surface area contributed by atoms with Crippen LogP contribution in [0.2, 0.25) is 0 Å². The first-order chi connectivity index (χ1) is 18.3. The third kappa shape index (κ3) is 5.19. The van der Waals surface area contributed by atoms with Gasteiger partial charge in [0.15, 0.2) is 4.80 Å². The molecule has 0 spiro atoms. The topological polar surface area (TPSA) is 90.2 Å². The van der Waals surface area contributed by atoms with Gasteiger partial charge in [0.05, 0.1) is 41.1 Å². The molecule has 8 nitrogen and oxygen atoms in total. The van der Waals surface area contributed by atoms with Crippen LogP contribution < -0.4 is 19.8 Å². The number of hydrogen-bond acceptors (Lipinski definition) is 8. The van der Waals surface area contributed by atoms with E-state index in [1.807, 2.05) is 30.3 Å². The number of aromatic nitrogens is 1. The molecule has 38 heavy (non-hydrogen) atoms. The Hall–Kier alpha value is -3.98. The zero-order valence-corrected chi connectivity index (χ0v) is 23.0. The number of rotatable bonds is 8. The summed E-state index contributed by atoms with van der Waals surface area (Å²) in [5, 5.41) is 0. The van der Waals surface area contributed by atoms with Gasteiger partial charge in [-0.15, -0.1) is 0 Å². The fourth-order valence-corrected chi connectivity index (χ4v) is 5.59. The molecule has 1 aliphatic heterocycles. The summed E-state index contributed by atoms with van der Waals surface area (Å²) in [6, 6.07) is 14.0. The summed E-state index contributed by atoms with van der Waals surface area (Å²) >= 11 is 1.27. The van der Waals surface area contributed by atoms with Gasteiger partial charge >= 0.3 is 11.9 Å². The van der Waals surface area contributed by atoms with Crippen LogP contribution in [0.5, 0.6) is 0 Å². The maximum atomic E-state index is 13.7. The van der Waals surface area contributed by atoms with E-state index < -0.39 is 18.0 Å². The molecule has 1 unspecified atom stereocenters. The summed E-state index contributed by atoms with van der Waals surface area (Å²) in [7, 11) is 1.32. The van der Waals surface area contributed by atoms with Crippen molar-refractivity contribution in [1.29, 1.82) is 0 Å². The van der Waals surface area contributed by atoms with Crippen LogP contribution in [0.3, 0.4) is 0 Å². The predicted octanol–water partition coefficient (Wildman–Crippen LogP) is 3.43. The van der Waals surface area contributed by atoms with Crippen LogP contribution in [0.15, 0.2) is 69.6 Å². The number of fused-ring (bicyclic) bond motifs is 1.